The lowest BCUT2D eigenvalue weighted by atomic mass is 9.95. The number of H-pyrrole nitrogens is 1. The van der Waals surface area contributed by atoms with E-state index in [0.717, 1.165) is 67.0 Å². The molecule has 9 heteroatoms. The number of aromatic hydroxyl groups is 1. The molecule has 4 aromatic rings. The molecule has 0 unspecified atom stereocenters. The van der Waals surface area contributed by atoms with Crippen molar-refractivity contribution in [3.05, 3.63) is 75.3 Å². The lowest BCUT2D eigenvalue weighted by molar-refractivity contribution is 0.192. The first-order valence-corrected chi connectivity index (χ1v) is 13.7. The normalized spacial score (nSPS) is 18.2. The van der Waals surface area contributed by atoms with E-state index >= 15 is 0 Å². The van der Waals surface area contributed by atoms with Crippen LogP contribution in [0.2, 0.25) is 0 Å². The van der Waals surface area contributed by atoms with Gasteiger partial charge in [-0.1, -0.05) is 30.9 Å². The number of hydrogen-bond donors (Lipinski definition) is 2. The Bertz CT molecular complexity index is 1480. The molecule has 2 fully saturated rings. The number of phenols is 1. The molecule has 1 saturated carbocycles. The van der Waals surface area contributed by atoms with Gasteiger partial charge in [0.05, 0.1) is 11.6 Å². The van der Waals surface area contributed by atoms with Crippen molar-refractivity contribution >= 4 is 16.6 Å². The van der Waals surface area contributed by atoms with Crippen LogP contribution < -0.4 is 10.5 Å². The van der Waals surface area contributed by atoms with E-state index in [1.165, 1.54) is 24.8 Å². The van der Waals surface area contributed by atoms with Gasteiger partial charge in [0, 0.05) is 37.4 Å². The first kappa shape index (κ1) is 24.6. The molecule has 2 aromatic carbocycles. The van der Waals surface area contributed by atoms with E-state index < -0.39 is 0 Å². The zero-order chi connectivity index (χ0) is 26.2. The summed E-state index contributed by atoms with van der Waals surface area (Å²) < 4.78 is 2.00. The van der Waals surface area contributed by atoms with Crippen molar-refractivity contribution in [3.63, 3.8) is 0 Å². The molecule has 0 bridgehead atoms. The van der Waals surface area contributed by atoms with E-state index in [9.17, 15) is 9.90 Å². The highest BCUT2D eigenvalue weighted by Gasteiger charge is 2.34. The van der Waals surface area contributed by atoms with Gasteiger partial charge in [0.25, 0.3) is 5.56 Å². The number of aromatic nitrogens is 5. The Balaban J connectivity index is 1.40. The van der Waals surface area contributed by atoms with Crippen LogP contribution in [0.25, 0.3) is 10.9 Å². The number of tetrazole rings is 1. The van der Waals surface area contributed by atoms with E-state index in [1.807, 2.05) is 29.8 Å². The van der Waals surface area contributed by atoms with Crippen LogP contribution in [0.15, 0.2) is 47.3 Å². The molecule has 3 heterocycles. The van der Waals surface area contributed by atoms with Crippen LogP contribution in [0.5, 0.6) is 5.75 Å². The van der Waals surface area contributed by atoms with Crippen molar-refractivity contribution in [3.8, 4) is 5.75 Å². The summed E-state index contributed by atoms with van der Waals surface area (Å²) in [4.78, 5) is 21.5. The number of benzene rings is 2. The molecular formula is C29H35N7O2. The zero-order valence-electron chi connectivity index (χ0n) is 22.1. The fourth-order valence-electron chi connectivity index (χ4n) is 6.27. The van der Waals surface area contributed by atoms with Gasteiger partial charge in [0.2, 0.25) is 0 Å². The number of nitrogens with zero attached hydrogens (tertiary/aromatic N) is 6. The first-order chi connectivity index (χ1) is 18.5. The van der Waals surface area contributed by atoms with Crippen LogP contribution in [-0.4, -0.2) is 61.4 Å². The summed E-state index contributed by atoms with van der Waals surface area (Å²) in [7, 11) is 0. The van der Waals surface area contributed by atoms with Gasteiger partial charge >= 0.3 is 0 Å². The van der Waals surface area contributed by atoms with Gasteiger partial charge in [-0.15, -0.1) is 5.10 Å². The molecule has 198 valence electrons. The van der Waals surface area contributed by atoms with E-state index in [-0.39, 0.29) is 23.4 Å². The smallest absolute Gasteiger partial charge is 0.253 e. The second-order valence-corrected chi connectivity index (χ2v) is 10.8. The third-order valence-electron chi connectivity index (χ3n) is 8.19. The Hall–Kier alpha value is -3.72. The summed E-state index contributed by atoms with van der Waals surface area (Å²) in [6.45, 7) is 7.24. The molecule has 0 amide bonds. The number of hydrogen-bond acceptors (Lipinski definition) is 7. The zero-order valence-corrected chi connectivity index (χ0v) is 22.1. The Kier molecular flexibility index (Phi) is 6.61. The number of aryl methyl sites for hydroxylation is 2. The molecule has 1 saturated heterocycles. The maximum Gasteiger partial charge on any atom is 0.253 e. The van der Waals surface area contributed by atoms with Crippen LogP contribution >= 0.6 is 0 Å². The molecule has 1 aliphatic heterocycles. The fraction of sp³-hybridized carbons (Fsp3) is 0.448. The molecular weight excluding hydrogens is 478 g/mol. The minimum atomic E-state index is -0.345. The maximum atomic E-state index is 13.7. The minimum absolute atomic E-state index is 0.0892. The summed E-state index contributed by atoms with van der Waals surface area (Å²) in [5.41, 5.74) is 4.79. The first-order valence-electron chi connectivity index (χ1n) is 13.7. The largest absolute Gasteiger partial charge is 0.508 e. The van der Waals surface area contributed by atoms with Crippen molar-refractivity contribution in [2.75, 3.05) is 31.1 Å². The molecule has 38 heavy (non-hydrogen) atoms. The van der Waals surface area contributed by atoms with Crippen LogP contribution in [0.3, 0.4) is 0 Å². The quantitative estimate of drug-likeness (QED) is 0.411. The van der Waals surface area contributed by atoms with Gasteiger partial charge in [-0.05, 0) is 84.5 Å². The number of phenolic OH excluding ortho intramolecular Hbond substituents is 1. The minimum Gasteiger partial charge on any atom is -0.508 e. The number of nitrogens with one attached hydrogen (secondary N) is 1. The Morgan fingerprint density at radius 3 is 2.45 bits per heavy atom. The van der Waals surface area contributed by atoms with Gasteiger partial charge in [0.1, 0.15) is 11.8 Å². The molecule has 1 atom stereocenters. The summed E-state index contributed by atoms with van der Waals surface area (Å²) in [6, 6.07) is 13.5. The Morgan fingerprint density at radius 1 is 0.974 bits per heavy atom. The lowest BCUT2D eigenvalue weighted by Gasteiger charge is -2.40. The van der Waals surface area contributed by atoms with Crippen LogP contribution in [-0.2, 0) is 0 Å². The van der Waals surface area contributed by atoms with E-state index in [0.29, 0.717) is 5.56 Å². The monoisotopic (exact) mass is 513 g/mol. The van der Waals surface area contributed by atoms with Crippen LogP contribution in [0, 0.1) is 13.8 Å². The summed E-state index contributed by atoms with van der Waals surface area (Å²) >= 11 is 0. The predicted octanol–water partition coefficient (Wildman–Crippen LogP) is 4.25. The standard InChI is InChI=1S/C29H35N7O2/c1-19-16-20(2)26-21(17-19)18-25(29(38)30-26)27(28-31-32-33-36(28)23-6-4-3-5-7-23)35-14-12-34(13-15-35)22-8-10-24(37)11-9-22/h8-11,16-18,23,27,37H,3-7,12-15H2,1-2H3,(H,30,38)/t27-/m1/s1. The molecule has 2 N–H and O–H groups in total. The molecule has 0 spiro atoms. The third kappa shape index (κ3) is 4.67. The fourth-order valence-corrected chi connectivity index (χ4v) is 6.27. The van der Waals surface area contributed by atoms with Gasteiger partial charge in [-0.2, -0.15) is 0 Å². The maximum absolute atomic E-state index is 13.7. The summed E-state index contributed by atoms with van der Waals surface area (Å²) in [5, 5.41) is 23.8. The van der Waals surface area contributed by atoms with Crippen molar-refractivity contribution in [2.45, 2.75) is 58.0 Å². The van der Waals surface area contributed by atoms with Gasteiger partial charge in [0.15, 0.2) is 5.82 Å². The summed E-state index contributed by atoms with van der Waals surface area (Å²) in [6.07, 6.45) is 5.72. The highest BCUT2D eigenvalue weighted by molar-refractivity contribution is 5.83. The summed E-state index contributed by atoms with van der Waals surface area (Å²) in [5.74, 6) is 1.02. The van der Waals surface area contributed by atoms with Crippen LogP contribution in [0.1, 0.15) is 66.7 Å². The van der Waals surface area contributed by atoms with Crippen molar-refractivity contribution < 1.29 is 5.11 Å². The van der Waals surface area contributed by atoms with Gasteiger partial charge < -0.3 is 15.0 Å². The second kappa shape index (κ2) is 10.2. The number of fused-ring (bicyclic) bond motifs is 1. The average molecular weight is 514 g/mol. The molecule has 6 rings (SSSR count). The number of piperazine rings is 1. The van der Waals surface area contributed by atoms with Crippen LogP contribution in [0.4, 0.5) is 5.69 Å². The molecule has 9 nitrogen and oxygen atoms in total. The number of anilines is 1. The number of aromatic amines is 1. The average Bonchev–Trinajstić information content (AvgIpc) is 3.40. The Labute approximate surface area is 222 Å². The predicted molar refractivity (Wildman–Crippen MR) is 148 cm³/mol. The second-order valence-electron chi connectivity index (χ2n) is 10.8. The molecule has 1 aliphatic carbocycles. The number of rotatable bonds is 5. The van der Waals surface area contributed by atoms with E-state index in [4.69, 9.17) is 0 Å². The SMILES string of the molecule is Cc1cc(C)c2[nH]c(=O)c([C@H](c3nnnn3C3CCCCC3)N3CCN(c4ccc(O)cc4)CC3)cc2c1. The number of pyridine rings is 1. The highest BCUT2D eigenvalue weighted by atomic mass is 16.3. The molecule has 2 aliphatic rings. The molecule has 2 aromatic heterocycles. The van der Waals surface area contributed by atoms with Crippen molar-refractivity contribution in [2.24, 2.45) is 0 Å². The van der Waals surface area contributed by atoms with E-state index in [2.05, 4.69) is 49.4 Å². The van der Waals surface area contributed by atoms with Gasteiger partial charge in [-0.3, -0.25) is 9.69 Å². The van der Waals surface area contributed by atoms with E-state index in [1.54, 1.807) is 12.1 Å². The van der Waals surface area contributed by atoms with Gasteiger partial charge in [-0.25, -0.2) is 4.68 Å². The highest BCUT2D eigenvalue weighted by Crippen LogP contribution is 2.34. The molecule has 0 radical (unpaired) electrons. The Morgan fingerprint density at radius 2 is 1.71 bits per heavy atom. The van der Waals surface area contributed by atoms with Crippen molar-refractivity contribution in [1.29, 1.82) is 0 Å². The topological polar surface area (TPSA) is 103 Å². The lowest BCUT2D eigenvalue weighted by Crippen LogP contribution is -2.49. The van der Waals surface area contributed by atoms with Crippen molar-refractivity contribution in [1.82, 2.24) is 30.1 Å². The third-order valence-corrected chi connectivity index (χ3v) is 8.19.